The van der Waals surface area contributed by atoms with Crippen LogP contribution in [0.15, 0.2) is 22.9 Å². The van der Waals surface area contributed by atoms with Crippen LogP contribution in [0.3, 0.4) is 0 Å². The second kappa shape index (κ2) is 4.80. The fraction of sp³-hybridized carbons (Fsp3) is 0.333. The number of carbonyl (C=O) groups excluding carboxylic acids is 2. The van der Waals surface area contributed by atoms with Crippen molar-refractivity contribution in [3.63, 3.8) is 0 Å². The minimum absolute atomic E-state index is 0.00567. The summed E-state index contributed by atoms with van der Waals surface area (Å²) < 4.78 is 40.1. The van der Waals surface area contributed by atoms with Gasteiger partial charge in [-0.25, -0.2) is 4.98 Å². The number of carbonyl (C=O) groups is 2. The number of aryl methyl sites for hydroxylation is 1. The Bertz CT molecular complexity index is 1030. The van der Waals surface area contributed by atoms with Gasteiger partial charge in [-0.3, -0.25) is 19.0 Å². The number of hydrogen-bond acceptors (Lipinski definition) is 5. The number of nitrogen functional groups attached to an aromatic ring is 1. The molecule has 0 radical (unpaired) electrons. The molecule has 1 fully saturated rings. The molecule has 1 aliphatic carbocycles. The van der Waals surface area contributed by atoms with Gasteiger partial charge in [-0.2, -0.15) is 0 Å². The summed E-state index contributed by atoms with van der Waals surface area (Å²) in [6, 6.07) is -0.839. The van der Waals surface area contributed by atoms with E-state index in [9.17, 15) is 14.4 Å². The molecule has 6 nitrogen and oxygen atoms in total. The third kappa shape index (κ3) is 2.12. The normalized spacial score (nSPS) is 28.5. The molecule has 1 saturated carbocycles. The van der Waals surface area contributed by atoms with Gasteiger partial charge >= 0.3 is 0 Å². The molecule has 1 aromatic carbocycles. The number of rotatable bonds is 1. The highest BCUT2D eigenvalue weighted by Gasteiger charge is 2.30. The van der Waals surface area contributed by atoms with Gasteiger partial charge in [0.15, 0.2) is 5.78 Å². The van der Waals surface area contributed by atoms with Gasteiger partial charge in [0.1, 0.15) is 11.6 Å². The number of hydrogen-bond donors (Lipinski definition) is 1. The standard InChI is InChI=1S/C15H15N3O3/c1-8-17-11-4-2-3-10(16)14(11)15(21)18(8)12-6-5-9(19)7-13(12)20/h2-4,12H,5-7,16H2,1H3/i3D,4D,5D2,6D. The average molecular weight is 290 g/mol. The van der Waals surface area contributed by atoms with Gasteiger partial charge in [0.2, 0.25) is 0 Å². The van der Waals surface area contributed by atoms with Gasteiger partial charge in [0.05, 0.1) is 26.1 Å². The van der Waals surface area contributed by atoms with Crippen molar-refractivity contribution in [2.75, 3.05) is 5.73 Å². The highest BCUT2D eigenvalue weighted by molar-refractivity contribution is 6.03. The summed E-state index contributed by atoms with van der Waals surface area (Å²) in [5.41, 5.74) is 4.70. The number of aromatic nitrogens is 2. The highest BCUT2D eigenvalue weighted by Crippen LogP contribution is 2.24. The topological polar surface area (TPSA) is 95.0 Å². The smallest absolute Gasteiger partial charge is 0.264 e. The molecule has 1 aromatic heterocycles. The van der Waals surface area contributed by atoms with Gasteiger partial charge in [-0.05, 0) is 25.4 Å². The molecule has 2 aromatic rings. The molecule has 1 heterocycles. The number of benzene rings is 1. The Balaban J connectivity index is 2.36. The summed E-state index contributed by atoms with van der Waals surface area (Å²) in [6.45, 7) is 1.39. The molecule has 1 aliphatic rings. The molecule has 0 aliphatic heterocycles. The third-order valence-electron chi connectivity index (χ3n) is 3.34. The molecule has 0 saturated heterocycles. The predicted molar refractivity (Wildman–Crippen MR) is 78.1 cm³/mol. The van der Waals surface area contributed by atoms with Crippen LogP contribution in [0.5, 0.6) is 0 Å². The fourth-order valence-electron chi connectivity index (χ4n) is 2.37. The molecule has 0 spiro atoms. The number of Topliss-reactive ketones (excluding diaryl/α,β-unsaturated/α-hetero) is 2. The number of nitrogens with two attached hydrogens (primary N) is 1. The first-order chi connectivity index (χ1) is 12.0. The lowest BCUT2D eigenvalue weighted by Crippen LogP contribution is -2.36. The average Bonchev–Trinajstić information content (AvgIpc) is 2.54. The van der Waals surface area contributed by atoms with Crippen LogP contribution in [0, 0.1) is 6.92 Å². The number of fused-ring (bicyclic) bond motifs is 1. The van der Waals surface area contributed by atoms with Crippen molar-refractivity contribution in [1.82, 2.24) is 9.55 Å². The van der Waals surface area contributed by atoms with Crippen LogP contribution in [-0.4, -0.2) is 21.1 Å². The third-order valence-corrected chi connectivity index (χ3v) is 3.34. The lowest BCUT2D eigenvalue weighted by Gasteiger charge is -2.24. The summed E-state index contributed by atoms with van der Waals surface area (Å²) in [4.78, 5) is 41.2. The van der Waals surface area contributed by atoms with E-state index < -0.39 is 42.4 Å². The van der Waals surface area contributed by atoms with Crippen LogP contribution in [0.4, 0.5) is 5.69 Å². The van der Waals surface area contributed by atoms with Crippen molar-refractivity contribution in [1.29, 1.82) is 0 Å². The minimum Gasteiger partial charge on any atom is -0.398 e. The van der Waals surface area contributed by atoms with Crippen molar-refractivity contribution < 1.29 is 16.4 Å². The van der Waals surface area contributed by atoms with Gasteiger partial charge in [0.25, 0.3) is 5.56 Å². The number of nitrogens with zero attached hydrogens (tertiary/aromatic N) is 2. The van der Waals surface area contributed by atoms with E-state index in [2.05, 4.69) is 4.98 Å². The SMILES string of the molecule is [2H]c1cc([2H])c2nc(C)n(C3C(=O)CC(=O)C([2H])([2H])C3[2H])c(=O)c2c1N. The first kappa shape index (κ1) is 8.71. The lowest BCUT2D eigenvalue weighted by molar-refractivity contribution is -0.132. The highest BCUT2D eigenvalue weighted by atomic mass is 16.2. The molecule has 6 heteroatoms. The quantitative estimate of drug-likeness (QED) is 0.628. The molecular formula is C15H15N3O3. The van der Waals surface area contributed by atoms with Crippen LogP contribution in [0.1, 0.15) is 37.9 Å². The van der Waals surface area contributed by atoms with E-state index in [1.165, 1.54) is 6.92 Å². The maximum absolute atomic E-state index is 13.0. The van der Waals surface area contributed by atoms with E-state index in [0.717, 1.165) is 10.6 Å². The summed E-state index contributed by atoms with van der Waals surface area (Å²) in [6.07, 6.45) is -5.15. The first-order valence-corrected chi connectivity index (χ1v) is 6.25. The van der Waals surface area contributed by atoms with Crippen molar-refractivity contribution in [2.45, 2.75) is 32.2 Å². The van der Waals surface area contributed by atoms with E-state index >= 15 is 0 Å². The zero-order valence-electron chi connectivity index (χ0n) is 16.1. The molecular weight excluding hydrogens is 270 g/mol. The van der Waals surface area contributed by atoms with Crippen LogP contribution < -0.4 is 11.3 Å². The molecule has 2 N–H and O–H groups in total. The van der Waals surface area contributed by atoms with Crippen molar-refractivity contribution in [3.8, 4) is 0 Å². The second-order valence-electron chi connectivity index (χ2n) is 4.73. The predicted octanol–water partition coefficient (Wildman–Crippen LogP) is 1.15. The monoisotopic (exact) mass is 290 g/mol. The summed E-state index contributed by atoms with van der Waals surface area (Å²) >= 11 is 0. The van der Waals surface area contributed by atoms with Gasteiger partial charge in [-0.1, -0.05) is 6.07 Å². The molecule has 2 unspecified atom stereocenters. The van der Waals surface area contributed by atoms with Crippen molar-refractivity contribution >= 4 is 28.2 Å². The Labute approximate surface area is 127 Å². The fourth-order valence-corrected chi connectivity index (χ4v) is 2.37. The molecule has 108 valence electrons. The minimum atomic E-state index is -2.59. The summed E-state index contributed by atoms with van der Waals surface area (Å²) in [7, 11) is 0. The van der Waals surface area contributed by atoms with Crippen LogP contribution >= 0.6 is 0 Å². The van der Waals surface area contributed by atoms with E-state index in [4.69, 9.17) is 12.6 Å². The van der Waals surface area contributed by atoms with Crippen LogP contribution in [0.25, 0.3) is 10.9 Å². The molecule has 0 amide bonds. The Morgan fingerprint density at radius 1 is 1.43 bits per heavy atom. The van der Waals surface area contributed by atoms with E-state index in [1.807, 2.05) is 0 Å². The summed E-state index contributed by atoms with van der Waals surface area (Å²) in [5.74, 6) is -1.77. The van der Waals surface area contributed by atoms with Crippen molar-refractivity contribution in [2.24, 2.45) is 0 Å². The Kier molecular flexibility index (Phi) is 1.99. The maximum atomic E-state index is 13.0. The van der Waals surface area contributed by atoms with Gasteiger partial charge in [-0.15, -0.1) is 0 Å². The van der Waals surface area contributed by atoms with Crippen LogP contribution in [-0.2, 0) is 9.59 Å². The number of ketones is 2. The van der Waals surface area contributed by atoms with E-state index in [0.29, 0.717) is 0 Å². The van der Waals surface area contributed by atoms with Gasteiger partial charge in [0, 0.05) is 16.2 Å². The lowest BCUT2D eigenvalue weighted by atomic mass is 9.92. The van der Waals surface area contributed by atoms with Gasteiger partial charge < -0.3 is 5.73 Å². The van der Waals surface area contributed by atoms with E-state index in [-0.39, 0.29) is 34.5 Å². The maximum Gasteiger partial charge on any atom is 0.264 e. The number of anilines is 1. The largest absolute Gasteiger partial charge is 0.398 e. The molecule has 0 bridgehead atoms. The summed E-state index contributed by atoms with van der Waals surface area (Å²) in [5, 5.41) is -0.231. The Hall–Kier alpha value is -2.50. The van der Waals surface area contributed by atoms with Crippen LogP contribution in [0.2, 0.25) is 0 Å². The molecule has 3 rings (SSSR count). The first-order valence-electron chi connectivity index (χ1n) is 8.83. The molecule has 21 heavy (non-hydrogen) atoms. The Morgan fingerprint density at radius 2 is 2.19 bits per heavy atom. The zero-order valence-corrected chi connectivity index (χ0v) is 11.1. The Morgan fingerprint density at radius 3 is 2.95 bits per heavy atom. The second-order valence-corrected chi connectivity index (χ2v) is 4.73. The van der Waals surface area contributed by atoms with E-state index in [1.54, 1.807) is 0 Å². The van der Waals surface area contributed by atoms with Crippen molar-refractivity contribution in [3.05, 3.63) is 34.3 Å². The molecule has 2 atom stereocenters. The zero-order chi connectivity index (χ0) is 19.5.